The number of hydrogen-bond donors (Lipinski definition) is 1. The average Bonchev–Trinajstić information content (AvgIpc) is 2.94. The van der Waals surface area contributed by atoms with Gasteiger partial charge < -0.3 is 10.2 Å². The zero-order valence-corrected chi connectivity index (χ0v) is 11.7. The molecule has 1 aliphatic carbocycles. The highest BCUT2D eigenvalue weighted by molar-refractivity contribution is 5.84. The lowest BCUT2D eigenvalue weighted by Crippen LogP contribution is -2.49. The first-order valence-electron chi connectivity index (χ1n) is 7.63. The van der Waals surface area contributed by atoms with Crippen LogP contribution in [-0.2, 0) is 4.79 Å². The topological polar surface area (TPSA) is 32.3 Å². The molecule has 1 amide bonds. The first-order chi connectivity index (χ1) is 8.63. The third-order valence-corrected chi connectivity index (χ3v) is 5.74. The standard InChI is InChI=1S/C15H26N2O/c1-11-8-17(9-12(11)2)14(18)15-6-4-3-5-13(15)7-16-10-15/h11-13,16H,3-10H2,1-2H3/t11?,12?,13-,15+/m0/s1. The van der Waals surface area contributed by atoms with Gasteiger partial charge in [0.1, 0.15) is 0 Å². The maximum absolute atomic E-state index is 13.0. The van der Waals surface area contributed by atoms with Crippen LogP contribution in [0, 0.1) is 23.2 Å². The van der Waals surface area contributed by atoms with Crippen LogP contribution in [0.5, 0.6) is 0 Å². The number of rotatable bonds is 1. The Labute approximate surface area is 110 Å². The fourth-order valence-electron chi connectivity index (χ4n) is 4.28. The summed E-state index contributed by atoms with van der Waals surface area (Å²) in [4.78, 5) is 15.1. The second kappa shape index (κ2) is 4.52. The summed E-state index contributed by atoms with van der Waals surface area (Å²) >= 11 is 0. The van der Waals surface area contributed by atoms with E-state index >= 15 is 0 Å². The van der Waals surface area contributed by atoms with Gasteiger partial charge in [-0.2, -0.15) is 0 Å². The normalized spacial score (nSPS) is 44.1. The summed E-state index contributed by atoms with van der Waals surface area (Å²) in [6, 6.07) is 0. The van der Waals surface area contributed by atoms with Crippen molar-refractivity contribution < 1.29 is 4.79 Å². The molecule has 0 aromatic heterocycles. The van der Waals surface area contributed by atoms with Crippen molar-refractivity contribution in [3.63, 3.8) is 0 Å². The zero-order valence-electron chi connectivity index (χ0n) is 11.7. The second-order valence-corrected chi connectivity index (χ2v) is 6.89. The van der Waals surface area contributed by atoms with E-state index in [9.17, 15) is 4.79 Å². The fraction of sp³-hybridized carbons (Fsp3) is 0.933. The minimum Gasteiger partial charge on any atom is -0.342 e. The van der Waals surface area contributed by atoms with Crippen LogP contribution in [0.2, 0.25) is 0 Å². The molecule has 1 saturated carbocycles. The Bertz CT molecular complexity index is 333. The van der Waals surface area contributed by atoms with Crippen LogP contribution in [0.15, 0.2) is 0 Å². The largest absolute Gasteiger partial charge is 0.342 e. The van der Waals surface area contributed by atoms with Crippen molar-refractivity contribution in [1.29, 1.82) is 0 Å². The highest BCUT2D eigenvalue weighted by atomic mass is 16.2. The number of nitrogens with one attached hydrogen (secondary N) is 1. The molecule has 2 saturated heterocycles. The van der Waals surface area contributed by atoms with Crippen LogP contribution in [0.25, 0.3) is 0 Å². The van der Waals surface area contributed by atoms with Crippen LogP contribution in [0.1, 0.15) is 39.5 Å². The Balaban J connectivity index is 1.78. The molecular formula is C15H26N2O. The molecule has 2 unspecified atom stereocenters. The molecule has 0 aromatic carbocycles. The van der Waals surface area contributed by atoms with Crippen LogP contribution in [0.3, 0.4) is 0 Å². The summed E-state index contributed by atoms with van der Waals surface area (Å²) < 4.78 is 0. The van der Waals surface area contributed by atoms with Crippen LogP contribution < -0.4 is 5.32 Å². The molecule has 2 aliphatic heterocycles. The minimum absolute atomic E-state index is 0.0397. The number of hydrogen-bond acceptors (Lipinski definition) is 2. The number of nitrogens with zero attached hydrogens (tertiary/aromatic N) is 1. The van der Waals surface area contributed by atoms with Gasteiger partial charge in [0.05, 0.1) is 5.41 Å². The van der Waals surface area contributed by atoms with Gasteiger partial charge >= 0.3 is 0 Å². The first-order valence-corrected chi connectivity index (χ1v) is 7.63. The zero-order chi connectivity index (χ0) is 12.8. The van der Waals surface area contributed by atoms with Gasteiger partial charge in [-0.05, 0) is 37.1 Å². The molecule has 3 aliphatic rings. The van der Waals surface area contributed by atoms with Crippen LogP contribution in [0.4, 0.5) is 0 Å². The number of amides is 1. The average molecular weight is 250 g/mol. The molecule has 4 atom stereocenters. The molecule has 3 fully saturated rings. The third-order valence-electron chi connectivity index (χ3n) is 5.74. The summed E-state index contributed by atoms with van der Waals surface area (Å²) in [7, 11) is 0. The van der Waals surface area contributed by atoms with Crippen molar-refractivity contribution in [1.82, 2.24) is 10.2 Å². The summed E-state index contributed by atoms with van der Waals surface area (Å²) in [5, 5.41) is 3.48. The van der Waals surface area contributed by atoms with Gasteiger partial charge in [-0.1, -0.05) is 26.7 Å². The van der Waals surface area contributed by atoms with Gasteiger partial charge in [-0.25, -0.2) is 0 Å². The van der Waals surface area contributed by atoms with Gasteiger partial charge in [0.2, 0.25) is 5.91 Å². The molecule has 3 rings (SSSR count). The molecule has 1 N–H and O–H groups in total. The maximum atomic E-state index is 13.0. The van der Waals surface area contributed by atoms with Gasteiger partial charge in [0.15, 0.2) is 0 Å². The maximum Gasteiger partial charge on any atom is 0.230 e. The second-order valence-electron chi connectivity index (χ2n) is 6.89. The number of carbonyl (C=O) groups excluding carboxylic acids is 1. The lowest BCUT2D eigenvalue weighted by atomic mass is 9.67. The quantitative estimate of drug-likeness (QED) is 0.770. The van der Waals surface area contributed by atoms with Crippen molar-refractivity contribution in [2.24, 2.45) is 23.2 Å². The molecule has 3 heteroatoms. The number of carbonyl (C=O) groups is 1. The molecule has 2 heterocycles. The third kappa shape index (κ3) is 1.78. The van der Waals surface area contributed by atoms with Crippen molar-refractivity contribution in [2.45, 2.75) is 39.5 Å². The molecular weight excluding hydrogens is 224 g/mol. The summed E-state index contributed by atoms with van der Waals surface area (Å²) in [6.45, 7) is 8.51. The van der Waals surface area contributed by atoms with Crippen molar-refractivity contribution in [3.8, 4) is 0 Å². The van der Waals surface area contributed by atoms with E-state index in [-0.39, 0.29) is 5.41 Å². The van der Waals surface area contributed by atoms with Gasteiger partial charge in [-0.3, -0.25) is 4.79 Å². The molecule has 0 radical (unpaired) electrons. The molecule has 3 nitrogen and oxygen atoms in total. The number of likely N-dealkylation sites (tertiary alicyclic amines) is 1. The lowest BCUT2D eigenvalue weighted by Gasteiger charge is -2.39. The van der Waals surface area contributed by atoms with E-state index in [1.807, 2.05) is 0 Å². The van der Waals surface area contributed by atoms with Crippen molar-refractivity contribution >= 4 is 5.91 Å². The molecule has 102 valence electrons. The Morgan fingerprint density at radius 2 is 1.94 bits per heavy atom. The highest BCUT2D eigenvalue weighted by Crippen LogP contribution is 2.45. The van der Waals surface area contributed by atoms with Gasteiger partial charge in [-0.15, -0.1) is 0 Å². The molecule has 0 bridgehead atoms. The van der Waals surface area contributed by atoms with E-state index < -0.39 is 0 Å². The van der Waals surface area contributed by atoms with Crippen LogP contribution >= 0.6 is 0 Å². The summed E-state index contributed by atoms with van der Waals surface area (Å²) in [5.74, 6) is 2.40. The minimum atomic E-state index is -0.0397. The summed E-state index contributed by atoms with van der Waals surface area (Å²) in [5.41, 5.74) is -0.0397. The van der Waals surface area contributed by atoms with Crippen LogP contribution in [-0.4, -0.2) is 37.0 Å². The van der Waals surface area contributed by atoms with E-state index in [0.717, 1.165) is 32.6 Å². The van der Waals surface area contributed by atoms with E-state index in [0.29, 0.717) is 23.7 Å². The van der Waals surface area contributed by atoms with Crippen molar-refractivity contribution in [3.05, 3.63) is 0 Å². The predicted molar refractivity (Wildman–Crippen MR) is 72.2 cm³/mol. The van der Waals surface area contributed by atoms with Gasteiger partial charge in [0.25, 0.3) is 0 Å². The molecule has 18 heavy (non-hydrogen) atoms. The Morgan fingerprint density at radius 1 is 1.22 bits per heavy atom. The predicted octanol–water partition coefficient (Wildman–Crippen LogP) is 1.88. The van der Waals surface area contributed by atoms with Crippen molar-refractivity contribution in [2.75, 3.05) is 26.2 Å². The molecule has 0 aromatic rings. The smallest absolute Gasteiger partial charge is 0.230 e. The van der Waals surface area contributed by atoms with E-state index in [1.165, 1.54) is 19.3 Å². The van der Waals surface area contributed by atoms with E-state index in [1.54, 1.807) is 0 Å². The number of fused-ring (bicyclic) bond motifs is 1. The van der Waals surface area contributed by atoms with E-state index in [4.69, 9.17) is 0 Å². The first kappa shape index (κ1) is 12.5. The SMILES string of the molecule is CC1CN(C(=O)[C@@]23CCCC[C@H]2CNC3)CC1C. The Hall–Kier alpha value is -0.570. The van der Waals surface area contributed by atoms with Gasteiger partial charge in [0, 0.05) is 19.6 Å². The monoisotopic (exact) mass is 250 g/mol. The highest BCUT2D eigenvalue weighted by Gasteiger charge is 2.52. The Morgan fingerprint density at radius 3 is 2.67 bits per heavy atom. The fourth-order valence-corrected chi connectivity index (χ4v) is 4.28. The Kier molecular flexibility index (Phi) is 3.13. The molecule has 0 spiro atoms. The summed E-state index contributed by atoms with van der Waals surface area (Å²) in [6.07, 6.45) is 4.91. The lowest BCUT2D eigenvalue weighted by molar-refractivity contribution is -0.144. The van der Waals surface area contributed by atoms with E-state index in [2.05, 4.69) is 24.1 Å².